The van der Waals surface area contributed by atoms with Gasteiger partial charge in [-0.2, -0.15) is 0 Å². The average molecular weight is 312 g/mol. The highest BCUT2D eigenvalue weighted by molar-refractivity contribution is 7.16. The van der Waals surface area contributed by atoms with Gasteiger partial charge >= 0.3 is 6.01 Å². The molecular formula is C16H16N4OS. The maximum Gasteiger partial charge on any atom is 0.314 e. The van der Waals surface area contributed by atoms with E-state index in [0.29, 0.717) is 6.04 Å². The van der Waals surface area contributed by atoms with Crippen LogP contribution in [0.2, 0.25) is 0 Å². The van der Waals surface area contributed by atoms with E-state index in [-0.39, 0.29) is 6.01 Å². The molecular weight excluding hydrogens is 296 g/mol. The first-order valence-electron chi connectivity index (χ1n) is 7.31. The summed E-state index contributed by atoms with van der Waals surface area (Å²) >= 11 is 1.67. The van der Waals surface area contributed by atoms with Crippen molar-refractivity contribution in [2.75, 3.05) is 6.54 Å². The molecule has 112 valence electrons. The van der Waals surface area contributed by atoms with Gasteiger partial charge in [0.15, 0.2) is 0 Å². The minimum Gasteiger partial charge on any atom is -0.479 e. The first kappa shape index (κ1) is 13.6. The number of nitrogens with zero attached hydrogens (tertiary/aromatic N) is 4. The Labute approximate surface area is 132 Å². The van der Waals surface area contributed by atoms with Crippen LogP contribution in [-0.4, -0.2) is 31.5 Å². The second kappa shape index (κ2) is 5.30. The highest BCUT2D eigenvalue weighted by Gasteiger charge is 2.23. The first-order chi connectivity index (χ1) is 10.7. The Morgan fingerprint density at radius 1 is 1.32 bits per heavy atom. The van der Waals surface area contributed by atoms with Gasteiger partial charge in [-0.05, 0) is 24.6 Å². The van der Waals surface area contributed by atoms with Gasteiger partial charge < -0.3 is 5.11 Å². The van der Waals surface area contributed by atoms with Gasteiger partial charge in [0.2, 0.25) is 0 Å². The van der Waals surface area contributed by atoms with E-state index < -0.39 is 0 Å². The zero-order valence-electron chi connectivity index (χ0n) is 12.2. The fraction of sp³-hybridized carbons (Fsp3) is 0.312. The molecule has 4 rings (SSSR count). The van der Waals surface area contributed by atoms with Crippen LogP contribution in [0.4, 0.5) is 0 Å². The number of rotatable bonds is 2. The zero-order valence-corrected chi connectivity index (χ0v) is 13.0. The lowest BCUT2D eigenvalue weighted by Crippen LogP contribution is -2.33. The molecule has 1 aromatic carbocycles. The van der Waals surface area contributed by atoms with Crippen LogP contribution in [0.15, 0.2) is 29.9 Å². The Hall–Kier alpha value is -2.05. The average Bonchev–Trinajstić information content (AvgIpc) is 3.01. The van der Waals surface area contributed by atoms with Gasteiger partial charge in [-0.25, -0.2) is 15.0 Å². The lowest BCUT2D eigenvalue weighted by Gasteiger charge is -2.33. The van der Waals surface area contributed by atoms with Gasteiger partial charge in [-0.1, -0.05) is 6.07 Å². The van der Waals surface area contributed by atoms with Crippen molar-refractivity contribution in [2.45, 2.75) is 25.9 Å². The molecule has 6 heteroatoms. The molecule has 3 heterocycles. The Kier molecular flexibility index (Phi) is 3.28. The molecule has 22 heavy (non-hydrogen) atoms. The summed E-state index contributed by atoms with van der Waals surface area (Å²) in [6.07, 6.45) is 2.58. The number of hydrogen-bond donors (Lipinski definition) is 1. The van der Waals surface area contributed by atoms with E-state index in [1.54, 1.807) is 17.5 Å². The highest BCUT2D eigenvalue weighted by Crippen LogP contribution is 2.29. The summed E-state index contributed by atoms with van der Waals surface area (Å²) in [5, 5.41) is 9.38. The van der Waals surface area contributed by atoms with Crippen molar-refractivity contribution >= 4 is 21.6 Å². The third-order valence-electron chi connectivity index (χ3n) is 4.34. The summed E-state index contributed by atoms with van der Waals surface area (Å²) in [6, 6.07) is 6.70. The van der Waals surface area contributed by atoms with E-state index in [1.807, 2.05) is 5.51 Å². The highest BCUT2D eigenvalue weighted by atomic mass is 32.1. The minimum atomic E-state index is -0.130. The van der Waals surface area contributed by atoms with Crippen molar-refractivity contribution in [1.82, 2.24) is 19.9 Å². The van der Waals surface area contributed by atoms with E-state index in [9.17, 15) is 5.11 Å². The lowest BCUT2D eigenvalue weighted by atomic mass is 10.0. The molecule has 1 unspecified atom stereocenters. The van der Waals surface area contributed by atoms with Gasteiger partial charge in [0.25, 0.3) is 0 Å². The van der Waals surface area contributed by atoms with Crippen LogP contribution >= 0.6 is 11.3 Å². The molecule has 1 aliphatic heterocycles. The molecule has 5 nitrogen and oxygen atoms in total. The molecule has 0 amide bonds. The summed E-state index contributed by atoms with van der Waals surface area (Å²) in [5.74, 6) is 0. The summed E-state index contributed by atoms with van der Waals surface area (Å²) in [6.45, 7) is 3.96. The number of thiazole rings is 1. The smallest absolute Gasteiger partial charge is 0.314 e. The second-order valence-corrected chi connectivity index (χ2v) is 6.50. The van der Waals surface area contributed by atoms with Crippen LogP contribution in [0.3, 0.4) is 0 Å². The molecule has 0 radical (unpaired) electrons. The van der Waals surface area contributed by atoms with E-state index >= 15 is 0 Å². The predicted octanol–water partition coefficient (Wildman–Crippen LogP) is 2.91. The van der Waals surface area contributed by atoms with Crippen LogP contribution in [0, 0.1) is 0 Å². The van der Waals surface area contributed by atoms with Gasteiger partial charge in [-0.3, -0.25) is 4.90 Å². The predicted molar refractivity (Wildman–Crippen MR) is 85.8 cm³/mol. The van der Waals surface area contributed by atoms with Gasteiger partial charge in [0.1, 0.15) is 0 Å². The van der Waals surface area contributed by atoms with Crippen molar-refractivity contribution in [3.63, 3.8) is 0 Å². The van der Waals surface area contributed by atoms with E-state index in [1.165, 1.54) is 10.3 Å². The summed E-state index contributed by atoms with van der Waals surface area (Å²) < 4.78 is 1.23. The number of aromatic hydroxyl groups is 1. The molecule has 0 spiro atoms. The molecule has 2 aromatic heterocycles. The molecule has 0 aliphatic carbocycles. The summed E-state index contributed by atoms with van der Waals surface area (Å²) in [7, 11) is 0. The quantitative estimate of drug-likeness (QED) is 0.788. The Morgan fingerprint density at radius 3 is 3.14 bits per heavy atom. The molecule has 0 saturated carbocycles. The summed E-state index contributed by atoms with van der Waals surface area (Å²) in [4.78, 5) is 14.8. The largest absolute Gasteiger partial charge is 0.479 e. The molecule has 0 fully saturated rings. The van der Waals surface area contributed by atoms with Gasteiger partial charge in [0, 0.05) is 37.3 Å². The Morgan fingerprint density at radius 2 is 2.23 bits per heavy atom. The topological polar surface area (TPSA) is 62.1 Å². The monoisotopic (exact) mass is 312 g/mol. The van der Waals surface area contributed by atoms with E-state index in [4.69, 9.17) is 0 Å². The van der Waals surface area contributed by atoms with Crippen LogP contribution in [0.25, 0.3) is 10.2 Å². The lowest BCUT2D eigenvalue weighted by molar-refractivity contribution is 0.189. The third-order valence-corrected chi connectivity index (χ3v) is 5.15. The van der Waals surface area contributed by atoms with E-state index in [2.05, 4.69) is 45.0 Å². The van der Waals surface area contributed by atoms with Crippen LogP contribution in [-0.2, 0) is 13.0 Å². The Bertz CT molecular complexity index is 832. The van der Waals surface area contributed by atoms with Crippen molar-refractivity contribution in [3.05, 3.63) is 46.7 Å². The minimum absolute atomic E-state index is 0.130. The molecule has 1 N–H and O–H groups in total. The maximum absolute atomic E-state index is 9.38. The summed E-state index contributed by atoms with van der Waals surface area (Å²) in [5.41, 5.74) is 6.30. The molecule has 0 bridgehead atoms. The molecule has 0 saturated heterocycles. The van der Waals surface area contributed by atoms with Gasteiger partial charge in [0.05, 0.1) is 21.4 Å². The third kappa shape index (κ3) is 2.34. The number of fused-ring (bicyclic) bond motifs is 2. The Balaban J connectivity index is 1.60. The SMILES string of the molecule is CC(c1ccc2scnc2c1)N1CCc2nc(O)ncc2C1. The second-order valence-electron chi connectivity index (χ2n) is 5.62. The standard InChI is InChI=1S/C16H16N4OS/c1-10(11-2-3-15-14(6-11)18-9-22-15)20-5-4-13-12(8-20)7-17-16(21)19-13/h2-3,6-7,9-10H,4-5,8H2,1H3,(H,17,19,21). The number of aromatic nitrogens is 3. The normalized spacial score (nSPS) is 16.6. The zero-order chi connectivity index (χ0) is 15.1. The fourth-order valence-electron chi connectivity index (χ4n) is 3.00. The first-order valence-corrected chi connectivity index (χ1v) is 8.19. The van der Waals surface area contributed by atoms with E-state index in [0.717, 1.165) is 36.3 Å². The van der Waals surface area contributed by atoms with Gasteiger partial charge in [-0.15, -0.1) is 11.3 Å². The molecule has 3 aromatic rings. The molecule has 1 atom stereocenters. The van der Waals surface area contributed by atoms with Crippen LogP contribution in [0.5, 0.6) is 6.01 Å². The van der Waals surface area contributed by atoms with Crippen molar-refractivity contribution in [3.8, 4) is 6.01 Å². The maximum atomic E-state index is 9.38. The number of hydrogen-bond acceptors (Lipinski definition) is 6. The van der Waals surface area contributed by atoms with Crippen molar-refractivity contribution in [2.24, 2.45) is 0 Å². The molecule has 1 aliphatic rings. The fourth-order valence-corrected chi connectivity index (χ4v) is 3.66. The number of benzene rings is 1. The van der Waals surface area contributed by atoms with Crippen molar-refractivity contribution < 1.29 is 5.11 Å². The van der Waals surface area contributed by atoms with Crippen LogP contribution < -0.4 is 0 Å². The van der Waals surface area contributed by atoms with Crippen LogP contribution in [0.1, 0.15) is 29.8 Å². The van der Waals surface area contributed by atoms with Crippen molar-refractivity contribution in [1.29, 1.82) is 0 Å².